The minimum absolute atomic E-state index is 0.621. The van der Waals surface area contributed by atoms with Crippen molar-refractivity contribution < 1.29 is 18.9 Å². The van der Waals surface area contributed by atoms with Crippen molar-refractivity contribution in [3.63, 3.8) is 0 Å². The lowest BCUT2D eigenvalue weighted by Gasteiger charge is -2.15. The van der Waals surface area contributed by atoms with E-state index in [0.29, 0.717) is 45.5 Å². The molecule has 1 aliphatic rings. The van der Waals surface area contributed by atoms with E-state index >= 15 is 0 Å². The molecular formula is C22H37N3O4. The number of methoxy groups -OCH3 is 1. The number of hydrogen-bond donors (Lipinski definition) is 2. The zero-order chi connectivity index (χ0) is 20.7. The minimum atomic E-state index is 0.621. The van der Waals surface area contributed by atoms with Gasteiger partial charge in [0.25, 0.3) is 0 Å². The molecule has 0 aliphatic carbocycles. The SMILES string of the molecule is COCCOCCCN=C(NCCCC(C)C)Nc1ccc2c(c1)OCCCO2. The molecule has 0 bridgehead atoms. The fourth-order valence-corrected chi connectivity index (χ4v) is 2.84. The van der Waals surface area contributed by atoms with Crippen LogP contribution in [0, 0.1) is 5.92 Å². The van der Waals surface area contributed by atoms with Crippen molar-refractivity contribution in [2.24, 2.45) is 10.9 Å². The van der Waals surface area contributed by atoms with Gasteiger partial charge in [-0.15, -0.1) is 0 Å². The second-order valence-corrected chi connectivity index (χ2v) is 7.49. The predicted octanol–water partition coefficient (Wildman–Crippen LogP) is 3.69. The Balaban J connectivity index is 1.89. The van der Waals surface area contributed by atoms with E-state index in [9.17, 15) is 0 Å². The highest BCUT2D eigenvalue weighted by Gasteiger charge is 2.11. The third kappa shape index (κ3) is 9.85. The molecule has 29 heavy (non-hydrogen) atoms. The molecule has 2 N–H and O–H groups in total. The third-order valence-electron chi connectivity index (χ3n) is 4.41. The van der Waals surface area contributed by atoms with Crippen molar-refractivity contribution in [3.05, 3.63) is 18.2 Å². The zero-order valence-corrected chi connectivity index (χ0v) is 18.2. The average Bonchev–Trinajstić information content (AvgIpc) is 2.95. The van der Waals surface area contributed by atoms with Gasteiger partial charge in [0.15, 0.2) is 17.5 Å². The van der Waals surface area contributed by atoms with Gasteiger partial charge in [0.2, 0.25) is 0 Å². The van der Waals surface area contributed by atoms with E-state index < -0.39 is 0 Å². The van der Waals surface area contributed by atoms with Gasteiger partial charge < -0.3 is 29.6 Å². The Morgan fingerprint density at radius 1 is 1.10 bits per heavy atom. The number of anilines is 1. The number of guanidine groups is 1. The van der Waals surface area contributed by atoms with Crippen LogP contribution < -0.4 is 20.1 Å². The molecule has 0 fully saturated rings. The summed E-state index contributed by atoms with van der Waals surface area (Å²) in [5.74, 6) is 3.05. The fourth-order valence-electron chi connectivity index (χ4n) is 2.84. The number of nitrogens with zero attached hydrogens (tertiary/aromatic N) is 1. The van der Waals surface area contributed by atoms with Crippen LogP contribution in [-0.4, -0.2) is 59.2 Å². The summed E-state index contributed by atoms with van der Waals surface area (Å²) in [5.41, 5.74) is 0.931. The molecule has 164 valence electrons. The molecule has 7 heteroatoms. The van der Waals surface area contributed by atoms with Crippen LogP contribution in [0.15, 0.2) is 23.2 Å². The lowest BCUT2D eigenvalue weighted by Crippen LogP contribution is -2.32. The van der Waals surface area contributed by atoms with Crippen LogP contribution >= 0.6 is 0 Å². The van der Waals surface area contributed by atoms with Gasteiger partial charge in [0.1, 0.15) is 0 Å². The minimum Gasteiger partial charge on any atom is -0.490 e. The van der Waals surface area contributed by atoms with E-state index in [1.807, 2.05) is 18.2 Å². The Bertz CT molecular complexity index is 608. The monoisotopic (exact) mass is 407 g/mol. The molecule has 7 nitrogen and oxygen atoms in total. The molecule has 0 radical (unpaired) electrons. The van der Waals surface area contributed by atoms with E-state index in [0.717, 1.165) is 49.0 Å². The first kappa shape index (κ1) is 23.3. The highest BCUT2D eigenvalue weighted by Crippen LogP contribution is 2.32. The van der Waals surface area contributed by atoms with E-state index in [4.69, 9.17) is 23.9 Å². The molecule has 0 spiro atoms. The number of nitrogens with one attached hydrogen (secondary N) is 2. The maximum Gasteiger partial charge on any atom is 0.195 e. The van der Waals surface area contributed by atoms with Crippen molar-refractivity contribution >= 4 is 11.6 Å². The maximum absolute atomic E-state index is 5.79. The van der Waals surface area contributed by atoms with Gasteiger partial charge in [-0.2, -0.15) is 0 Å². The van der Waals surface area contributed by atoms with Gasteiger partial charge >= 0.3 is 0 Å². The molecule has 2 rings (SSSR count). The van der Waals surface area contributed by atoms with Crippen molar-refractivity contribution in [2.45, 2.75) is 39.5 Å². The van der Waals surface area contributed by atoms with Crippen LogP contribution in [0.4, 0.5) is 5.69 Å². The first-order valence-electron chi connectivity index (χ1n) is 10.7. The summed E-state index contributed by atoms with van der Waals surface area (Å²) in [7, 11) is 1.68. The molecular weight excluding hydrogens is 370 g/mol. The number of hydrogen-bond acceptors (Lipinski definition) is 5. The lowest BCUT2D eigenvalue weighted by atomic mass is 10.1. The summed E-state index contributed by atoms with van der Waals surface area (Å²) < 4.78 is 22.0. The van der Waals surface area contributed by atoms with E-state index in [1.54, 1.807) is 7.11 Å². The first-order chi connectivity index (χ1) is 14.2. The van der Waals surface area contributed by atoms with Crippen LogP contribution in [0.25, 0.3) is 0 Å². The number of aliphatic imine (C=N–C) groups is 1. The zero-order valence-electron chi connectivity index (χ0n) is 18.2. The molecule has 0 aromatic heterocycles. The maximum atomic E-state index is 5.79. The molecule has 1 aromatic carbocycles. The highest BCUT2D eigenvalue weighted by atomic mass is 16.5. The van der Waals surface area contributed by atoms with Crippen LogP contribution in [-0.2, 0) is 9.47 Å². The van der Waals surface area contributed by atoms with Crippen LogP contribution in [0.2, 0.25) is 0 Å². The summed E-state index contributed by atoms with van der Waals surface area (Å²) in [6.45, 7) is 9.36. The predicted molar refractivity (Wildman–Crippen MR) is 117 cm³/mol. The second-order valence-electron chi connectivity index (χ2n) is 7.49. The summed E-state index contributed by atoms with van der Waals surface area (Å²) in [4.78, 5) is 4.70. The van der Waals surface area contributed by atoms with Crippen LogP contribution in [0.5, 0.6) is 11.5 Å². The lowest BCUT2D eigenvalue weighted by molar-refractivity contribution is 0.0702. The van der Waals surface area contributed by atoms with E-state index in [2.05, 4.69) is 24.5 Å². The van der Waals surface area contributed by atoms with Crippen LogP contribution in [0.3, 0.4) is 0 Å². The third-order valence-corrected chi connectivity index (χ3v) is 4.41. The second kappa shape index (κ2) is 14.1. The van der Waals surface area contributed by atoms with Gasteiger partial charge in [-0.3, -0.25) is 4.99 Å². The van der Waals surface area contributed by atoms with Gasteiger partial charge in [0, 0.05) is 45.0 Å². The number of fused-ring (bicyclic) bond motifs is 1. The quantitative estimate of drug-likeness (QED) is 0.313. The summed E-state index contributed by atoms with van der Waals surface area (Å²) in [6.07, 6.45) is 4.06. The largest absolute Gasteiger partial charge is 0.490 e. The van der Waals surface area contributed by atoms with Crippen molar-refractivity contribution in [2.75, 3.05) is 58.6 Å². The smallest absolute Gasteiger partial charge is 0.195 e. The number of ether oxygens (including phenoxy) is 4. The van der Waals surface area contributed by atoms with Crippen molar-refractivity contribution in [1.82, 2.24) is 5.32 Å². The van der Waals surface area contributed by atoms with E-state index in [1.165, 1.54) is 6.42 Å². The summed E-state index contributed by atoms with van der Waals surface area (Å²) in [5, 5.41) is 6.82. The van der Waals surface area contributed by atoms with Gasteiger partial charge in [-0.1, -0.05) is 13.8 Å². The Kier molecular flexibility index (Phi) is 11.3. The first-order valence-corrected chi connectivity index (χ1v) is 10.7. The fraction of sp³-hybridized carbons (Fsp3) is 0.682. The molecule has 0 unspecified atom stereocenters. The molecule has 0 saturated carbocycles. The van der Waals surface area contributed by atoms with Gasteiger partial charge in [-0.05, 0) is 37.3 Å². The summed E-state index contributed by atoms with van der Waals surface area (Å²) in [6, 6.07) is 5.91. The molecule has 1 heterocycles. The van der Waals surface area contributed by atoms with Crippen LogP contribution in [0.1, 0.15) is 39.5 Å². The summed E-state index contributed by atoms with van der Waals surface area (Å²) >= 11 is 0. The Hall–Kier alpha value is -1.99. The Morgan fingerprint density at radius 3 is 2.72 bits per heavy atom. The number of rotatable bonds is 12. The molecule has 0 atom stereocenters. The van der Waals surface area contributed by atoms with E-state index in [-0.39, 0.29) is 0 Å². The highest BCUT2D eigenvalue weighted by molar-refractivity contribution is 5.93. The molecule has 1 aliphatic heterocycles. The van der Waals surface area contributed by atoms with Gasteiger partial charge in [0.05, 0.1) is 26.4 Å². The average molecular weight is 408 g/mol. The Morgan fingerprint density at radius 2 is 1.93 bits per heavy atom. The molecule has 0 amide bonds. The normalized spacial score (nSPS) is 14.0. The van der Waals surface area contributed by atoms with Crippen molar-refractivity contribution in [3.8, 4) is 11.5 Å². The topological polar surface area (TPSA) is 73.3 Å². The van der Waals surface area contributed by atoms with Crippen molar-refractivity contribution in [1.29, 1.82) is 0 Å². The Labute approximate surface area is 175 Å². The standard InChI is InChI=1S/C22H37N3O4/c1-18(2)7-4-10-23-22(24-11-5-12-27-16-15-26-3)25-19-8-9-20-21(17-19)29-14-6-13-28-20/h8-9,17-18H,4-7,10-16H2,1-3H3,(H2,23,24,25). The molecule has 1 aromatic rings. The molecule has 0 saturated heterocycles. The van der Waals surface area contributed by atoms with Gasteiger partial charge in [-0.25, -0.2) is 0 Å². The number of benzene rings is 1.